The van der Waals surface area contributed by atoms with Crippen LogP contribution in [-0.2, 0) is 10.0 Å². The third kappa shape index (κ3) is 5.14. The highest BCUT2D eigenvalue weighted by molar-refractivity contribution is 7.89. The molecule has 17 heavy (non-hydrogen) atoms. The average molecular weight is 282 g/mol. The Kier molecular flexibility index (Phi) is 4.89. The normalized spacial score (nSPS) is 21.4. The average Bonchev–Trinajstić information content (AvgIpc) is 2.14. The van der Waals surface area contributed by atoms with E-state index in [1.807, 2.05) is 20.8 Å². The molecule has 1 fully saturated rings. The van der Waals surface area contributed by atoms with Crippen molar-refractivity contribution in [3.8, 4) is 0 Å². The number of sulfonamides is 1. The van der Waals surface area contributed by atoms with Crippen molar-refractivity contribution in [2.24, 2.45) is 5.41 Å². The van der Waals surface area contributed by atoms with Crippen LogP contribution in [0.3, 0.4) is 0 Å². The molecule has 0 radical (unpaired) electrons. The van der Waals surface area contributed by atoms with Gasteiger partial charge < -0.3 is 0 Å². The van der Waals surface area contributed by atoms with Crippen LogP contribution in [0.5, 0.6) is 0 Å². The number of rotatable bonds is 4. The molecule has 0 spiro atoms. The van der Waals surface area contributed by atoms with Crippen LogP contribution in [0, 0.1) is 5.41 Å². The van der Waals surface area contributed by atoms with Crippen molar-refractivity contribution in [3.63, 3.8) is 0 Å². The van der Waals surface area contributed by atoms with Gasteiger partial charge in [-0.3, -0.25) is 0 Å². The van der Waals surface area contributed by atoms with E-state index in [4.69, 9.17) is 11.6 Å². The van der Waals surface area contributed by atoms with E-state index in [1.165, 1.54) is 6.42 Å². The Morgan fingerprint density at radius 1 is 1.18 bits per heavy atom. The zero-order chi connectivity index (χ0) is 13.2. The summed E-state index contributed by atoms with van der Waals surface area (Å²) in [5.74, 6) is 0.523. The number of nitrogens with one attached hydrogen (secondary N) is 1. The van der Waals surface area contributed by atoms with Crippen molar-refractivity contribution < 1.29 is 8.42 Å². The summed E-state index contributed by atoms with van der Waals surface area (Å²) < 4.78 is 27.1. The fourth-order valence-corrected chi connectivity index (χ4v) is 4.99. The van der Waals surface area contributed by atoms with Gasteiger partial charge in [-0.05, 0) is 18.3 Å². The van der Waals surface area contributed by atoms with Gasteiger partial charge in [0.05, 0.1) is 5.75 Å². The molecule has 0 aromatic rings. The van der Waals surface area contributed by atoms with Gasteiger partial charge in [-0.25, -0.2) is 13.1 Å². The maximum Gasteiger partial charge on any atom is 0.212 e. The lowest BCUT2D eigenvalue weighted by Crippen LogP contribution is -2.52. The monoisotopic (exact) mass is 281 g/mol. The van der Waals surface area contributed by atoms with Crippen molar-refractivity contribution in [2.75, 3.05) is 11.6 Å². The fraction of sp³-hybridized carbons (Fsp3) is 1.00. The van der Waals surface area contributed by atoms with Crippen LogP contribution in [0.2, 0.25) is 0 Å². The highest BCUT2D eigenvalue weighted by Gasteiger charge is 2.36. The van der Waals surface area contributed by atoms with Gasteiger partial charge in [-0.1, -0.05) is 40.0 Å². The predicted octanol–water partition coefficient (Wildman–Crippen LogP) is 2.89. The highest BCUT2D eigenvalue weighted by Crippen LogP contribution is 2.30. The molecule has 1 saturated carbocycles. The number of halogens is 1. The van der Waals surface area contributed by atoms with Crippen LogP contribution < -0.4 is 4.72 Å². The zero-order valence-corrected chi connectivity index (χ0v) is 12.6. The largest absolute Gasteiger partial charge is 0.212 e. The Morgan fingerprint density at radius 2 is 1.71 bits per heavy atom. The zero-order valence-electron chi connectivity index (χ0n) is 11.1. The van der Waals surface area contributed by atoms with Gasteiger partial charge in [-0.2, -0.15) is 0 Å². The molecule has 0 amide bonds. The third-order valence-corrected chi connectivity index (χ3v) is 5.56. The lowest BCUT2D eigenvalue weighted by molar-refractivity contribution is 0.296. The van der Waals surface area contributed by atoms with Crippen LogP contribution in [0.4, 0.5) is 0 Å². The molecular weight excluding hydrogens is 258 g/mol. The molecule has 0 aromatic heterocycles. The summed E-state index contributed by atoms with van der Waals surface area (Å²) in [6, 6.07) is 0. The van der Waals surface area contributed by atoms with Crippen molar-refractivity contribution >= 4 is 21.6 Å². The molecule has 0 heterocycles. The van der Waals surface area contributed by atoms with E-state index in [1.54, 1.807) is 0 Å². The Labute approximate surface area is 110 Å². The number of alkyl halides is 1. The van der Waals surface area contributed by atoms with E-state index >= 15 is 0 Å². The molecule has 1 rings (SSSR count). The minimum Gasteiger partial charge on any atom is -0.212 e. The first-order chi connectivity index (χ1) is 7.68. The second-order valence-corrected chi connectivity index (χ2v) is 8.39. The first kappa shape index (κ1) is 15.3. The molecule has 1 N–H and O–H groups in total. The minimum absolute atomic E-state index is 0.151. The van der Waals surface area contributed by atoms with Crippen LogP contribution >= 0.6 is 11.6 Å². The van der Waals surface area contributed by atoms with Crippen molar-refractivity contribution in [2.45, 2.75) is 58.4 Å². The van der Waals surface area contributed by atoms with Gasteiger partial charge in [0.1, 0.15) is 0 Å². The summed E-state index contributed by atoms with van der Waals surface area (Å²) >= 11 is 5.99. The molecule has 0 aromatic carbocycles. The van der Waals surface area contributed by atoms with Crippen LogP contribution in [0.25, 0.3) is 0 Å². The molecule has 0 saturated heterocycles. The Balaban J connectivity index is 2.73. The lowest BCUT2D eigenvalue weighted by Gasteiger charge is -2.36. The minimum atomic E-state index is -3.24. The summed E-state index contributed by atoms with van der Waals surface area (Å²) in [4.78, 5) is 0. The smallest absolute Gasteiger partial charge is 0.212 e. The number of hydrogen-bond acceptors (Lipinski definition) is 2. The molecule has 0 bridgehead atoms. The quantitative estimate of drug-likeness (QED) is 0.806. The van der Waals surface area contributed by atoms with E-state index in [0.717, 1.165) is 25.7 Å². The maximum atomic E-state index is 12.1. The topological polar surface area (TPSA) is 46.2 Å². The molecule has 1 aliphatic carbocycles. The summed E-state index contributed by atoms with van der Waals surface area (Å²) in [6.07, 6.45) is 5.02. The molecule has 0 aliphatic heterocycles. The van der Waals surface area contributed by atoms with Gasteiger partial charge in [0.15, 0.2) is 0 Å². The van der Waals surface area contributed by atoms with Crippen molar-refractivity contribution in [3.05, 3.63) is 0 Å². The Bertz CT molecular complexity index is 340. The van der Waals surface area contributed by atoms with Crippen molar-refractivity contribution in [1.29, 1.82) is 0 Å². The third-order valence-electron chi connectivity index (χ3n) is 3.06. The highest BCUT2D eigenvalue weighted by atomic mass is 35.5. The molecule has 102 valence electrons. The van der Waals surface area contributed by atoms with E-state index < -0.39 is 15.6 Å². The van der Waals surface area contributed by atoms with Gasteiger partial charge in [-0.15, -0.1) is 11.6 Å². The summed E-state index contributed by atoms with van der Waals surface area (Å²) in [7, 11) is -3.24. The molecule has 0 atom stereocenters. The summed E-state index contributed by atoms with van der Waals surface area (Å²) in [5, 5.41) is 0. The standard InChI is InChI=1S/C12H24ClNO2S/c1-11(2,3)10-17(15,16)14-12(9-13)7-5-4-6-8-12/h14H,4-10H2,1-3H3. The van der Waals surface area contributed by atoms with E-state index in [2.05, 4.69) is 4.72 Å². The van der Waals surface area contributed by atoms with Crippen LogP contribution in [0.1, 0.15) is 52.9 Å². The second-order valence-electron chi connectivity index (χ2n) is 6.40. The molecule has 3 nitrogen and oxygen atoms in total. The first-order valence-corrected chi connectivity index (χ1v) is 8.44. The molecule has 1 aliphatic rings. The Hall–Kier alpha value is 0.200. The van der Waals surface area contributed by atoms with Crippen LogP contribution in [0.15, 0.2) is 0 Å². The lowest BCUT2D eigenvalue weighted by atomic mass is 9.84. The van der Waals surface area contributed by atoms with Gasteiger partial charge >= 0.3 is 0 Å². The van der Waals surface area contributed by atoms with Gasteiger partial charge in [0.2, 0.25) is 10.0 Å². The molecule has 0 unspecified atom stereocenters. The van der Waals surface area contributed by atoms with E-state index in [9.17, 15) is 8.42 Å². The summed E-state index contributed by atoms with van der Waals surface area (Å²) in [6.45, 7) is 5.79. The van der Waals surface area contributed by atoms with Gasteiger partial charge in [0.25, 0.3) is 0 Å². The van der Waals surface area contributed by atoms with Gasteiger partial charge in [0, 0.05) is 11.4 Å². The SMILES string of the molecule is CC(C)(C)CS(=O)(=O)NC1(CCl)CCCCC1. The summed E-state index contributed by atoms with van der Waals surface area (Å²) in [5.41, 5.74) is -0.627. The second kappa shape index (κ2) is 5.45. The van der Waals surface area contributed by atoms with E-state index in [-0.39, 0.29) is 11.2 Å². The predicted molar refractivity (Wildman–Crippen MR) is 72.9 cm³/mol. The molecule has 5 heteroatoms. The first-order valence-electron chi connectivity index (χ1n) is 6.26. The van der Waals surface area contributed by atoms with Crippen molar-refractivity contribution in [1.82, 2.24) is 4.72 Å². The fourth-order valence-electron chi connectivity index (χ4n) is 2.43. The molecular formula is C12H24ClNO2S. The van der Waals surface area contributed by atoms with Crippen LogP contribution in [-0.4, -0.2) is 25.6 Å². The maximum absolute atomic E-state index is 12.1. The van der Waals surface area contributed by atoms with E-state index in [0.29, 0.717) is 5.88 Å². The Morgan fingerprint density at radius 3 is 2.12 bits per heavy atom. The number of hydrogen-bond donors (Lipinski definition) is 1.